The molecule has 0 saturated carbocycles. The Morgan fingerprint density at radius 3 is 2.76 bits per heavy atom. The highest BCUT2D eigenvalue weighted by Gasteiger charge is 2.12. The molecule has 8 heteroatoms. The Hall–Kier alpha value is -2.16. The minimum Gasteiger partial charge on any atom is -0.493 e. The average Bonchev–Trinajstić information content (AvgIpc) is 3.22. The quantitative estimate of drug-likeness (QED) is 0.597. The highest BCUT2D eigenvalue weighted by Crippen LogP contribution is 2.33. The minimum absolute atomic E-state index is 0.0144. The fourth-order valence-corrected chi connectivity index (χ4v) is 4.05. The van der Waals surface area contributed by atoms with Crippen LogP contribution in [0.15, 0.2) is 23.6 Å². The van der Waals surface area contributed by atoms with E-state index in [4.69, 9.17) is 14.2 Å². The van der Waals surface area contributed by atoms with E-state index in [2.05, 4.69) is 15.2 Å². The van der Waals surface area contributed by atoms with E-state index in [1.54, 1.807) is 14.2 Å². The lowest BCUT2D eigenvalue weighted by molar-refractivity contribution is -0.120. The summed E-state index contributed by atoms with van der Waals surface area (Å²) in [6, 6.07) is 5.70. The van der Waals surface area contributed by atoms with Crippen LogP contribution in [0.2, 0.25) is 0 Å². The largest absolute Gasteiger partial charge is 0.493 e. The first-order chi connectivity index (χ1) is 14.2. The third-order valence-corrected chi connectivity index (χ3v) is 5.79. The fourth-order valence-electron chi connectivity index (χ4n) is 3.23. The van der Waals surface area contributed by atoms with Crippen molar-refractivity contribution in [3.63, 3.8) is 0 Å². The van der Waals surface area contributed by atoms with Crippen LogP contribution < -0.4 is 14.8 Å². The van der Waals surface area contributed by atoms with Crippen LogP contribution in [0, 0.1) is 0 Å². The number of thiazole rings is 1. The second kappa shape index (κ2) is 11.1. The molecule has 1 aliphatic heterocycles. The summed E-state index contributed by atoms with van der Waals surface area (Å²) >= 11 is 1.52. The lowest BCUT2D eigenvalue weighted by Crippen LogP contribution is -2.37. The molecule has 0 atom stereocenters. The standard InChI is InChI=1S/C21H29N3O4S/c1-26-18-6-5-16(13-19(18)27-2)21-23-17(15-29-21)14-20(25)22-7-3-4-8-24-9-11-28-12-10-24/h5-6,13,15H,3-4,7-12,14H2,1-2H3,(H,22,25). The molecule has 0 spiro atoms. The average molecular weight is 420 g/mol. The van der Waals surface area contributed by atoms with E-state index in [9.17, 15) is 4.79 Å². The minimum atomic E-state index is 0.0144. The second-order valence-corrected chi connectivity index (χ2v) is 7.76. The molecule has 0 unspecified atom stereocenters. The number of aromatic nitrogens is 1. The van der Waals surface area contributed by atoms with E-state index in [1.165, 1.54) is 11.3 Å². The lowest BCUT2D eigenvalue weighted by atomic mass is 10.2. The number of hydrogen-bond donors (Lipinski definition) is 1. The number of ether oxygens (including phenoxy) is 3. The Labute approximate surface area is 176 Å². The van der Waals surface area contributed by atoms with Gasteiger partial charge in [-0.1, -0.05) is 0 Å². The van der Waals surface area contributed by atoms with Crippen LogP contribution in [0.5, 0.6) is 11.5 Å². The zero-order valence-electron chi connectivity index (χ0n) is 17.1. The first-order valence-corrected chi connectivity index (χ1v) is 10.8. The maximum absolute atomic E-state index is 12.2. The van der Waals surface area contributed by atoms with Gasteiger partial charge in [-0.15, -0.1) is 11.3 Å². The van der Waals surface area contributed by atoms with E-state index in [-0.39, 0.29) is 5.91 Å². The number of morpholine rings is 1. The zero-order valence-corrected chi connectivity index (χ0v) is 17.9. The fraction of sp³-hybridized carbons (Fsp3) is 0.524. The zero-order chi connectivity index (χ0) is 20.5. The topological polar surface area (TPSA) is 72.9 Å². The van der Waals surface area contributed by atoms with E-state index >= 15 is 0 Å². The first kappa shape index (κ1) is 21.5. The highest BCUT2D eigenvalue weighted by molar-refractivity contribution is 7.13. The van der Waals surface area contributed by atoms with Gasteiger partial charge in [-0.2, -0.15) is 0 Å². The van der Waals surface area contributed by atoms with Gasteiger partial charge in [0.1, 0.15) is 5.01 Å². The number of methoxy groups -OCH3 is 2. The maximum Gasteiger partial charge on any atom is 0.226 e. The highest BCUT2D eigenvalue weighted by atomic mass is 32.1. The molecule has 1 amide bonds. The van der Waals surface area contributed by atoms with Gasteiger partial charge in [0.05, 0.1) is 39.5 Å². The van der Waals surface area contributed by atoms with Crippen LogP contribution in [0.25, 0.3) is 10.6 Å². The van der Waals surface area contributed by atoms with Crippen LogP contribution in [0.4, 0.5) is 0 Å². The predicted octanol–water partition coefficient (Wildman–Crippen LogP) is 2.60. The molecule has 2 aromatic rings. The van der Waals surface area contributed by atoms with Crippen molar-refractivity contribution in [3.05, 3.63) is 29.3 Å². The first-order valence-electron chi connectivity index (χ1n) is 9.93. The number of amides is 1. The van der Waals surface area contributed by atoms with Gasteiger partial charge >= 0.3 is 0 Å². The normalized spacial score (nSPS) is 14.6. The molecule has 1 saturated heterocycles. The second-order valence-electron chi connectivity index (χ2n) is 6.90. The van der Waals surface area contributed by atoms with Gasteiger partial charge in [0.15, 0.2) is 11.5 Å². The van der Waals surface area contributed by atoms with Gasteiger partial charge in [-0.3, -0.25) is 9.69 Å². The number of carbonyl (C=O) groups is 1. The summed E-state index contributed by atoms with van der Waals surface area (Å²) in [5.74, 6) is 1.36. The molecule has 1 aromatic carbocycles. The number of carbonyl (C=O) groups excluding carboxylic acids is 1. The van der Waals surface area contributed by atoms with Gasteiger partial charge in [0.2, 0.25) is 5.91 Å². The number of nitrogens with zero attached hydrogens (tertiary/aromatic N) is 2. The van der Waals surface area contributed by atoms with Crippen molar-refractivity contribution in [2.24, 2.45) is 0 Å². The van der Waals surface area contributed by atoms with E-state index in [1.807, 2.05) is 23.6 Å². The van der Waals surface area contributed by atoms with Crippen molar-refractivity contribution in [2.75, 3.05) is 53.6 Å². The van der Waals surface area contributed by atoms with Gasteiger partial charge in [0.25, 0.3) is 0 Å². The smallest absolute Gasteiger partial charge is 0.226 e. The summed E-state index contributed by atoms with van der Waals surface area (Å²) in [5.41, 5.74) is 1.73. The van der Waals surface area contributed by atoms with Crippen molar-refractivity contribution >= 4 is 17.2 Å². The molecule has 1 N–H and O–H groups in total. The molecular formula is C21H29N3O4S. The number of hydrogen-bond acceptors (Lipinski definition) is 7. The molecule has 3 rings (SSSR count). The molecule has 7 nitrogen and oxygen atoms in total. The number of unbranched alkanes of at least 4 members (excludes halogenated alkanes) is 1. The molecule has 0 bridgehead atoms. The van der Waals surface area contributed by atoms with Gasteiger partial charge < -0.3 is 19.5 Å². The van der Waals surface area contributed by atoms with Gasteiger partial charge in [0, 0.05) is 30.6 Å². The van der Waals surface area contributed by atoms with Crippen molar-refractivity contribution in [3.8, 4) is 22.1 Å². The van der Waals surface area contributed by atoms with Gasteiger partial charge in [-0.05, 0) is 37.6 Å². The Morgan fingerprint density at radius 2 is 2.00 bits per heavy atom. The van der Waals surface area contributed by atoms with Crippen molar-refractivity contribution < 1.29 is 19.0 Å². The summed E-state index contributed by atoms with van der Waals surface area (Å²) in [5, 5.41) is 5.79. The Bertz CT molecular complexity index is 790. The van der Waals surface area contributed by atoms with Crippen LogP contribution in [-0.2, 0) is 16.0 Å². The van der Waals surface area contributed by atoms with E-state index in [0.717, 1.165) is 62.0 Å². The summed E-state index contributed by atoms with van der Waals surface area (Å²) in [6.07, 6.45) is 2.37. The lowest BCUT2D eigenvalue weighted by Gasteiger charge is -2.26. The number of benzene rings is 1. The molecular weight excluding hydrogens is 390 g/mol. The van der Waals surface area contributed by atoms with Gasteiger partial charge in [-0.25, -0.2) is 4.98 Å². The van der Waals surface area contributed by atoms with Crippen LogP contribution in [0.1, 0.15) is 18.5 Å². The summed E-state index contributed by atoms with van der Waals surface area (Å²) in [7, 11) is 3.22. The molecule has 158 valence electrons. The maximum atomic E-state index is 12.2. The predicted molar refractivity (Wildman–Crippen MR) is 114 cm³/mol. The molecule has 1 fully saturated rings. The Kier molecular flexibility index (Phi) is 8.27. The van der Waals surface area contributed by atoms with Crippen molar-refractivity contribution in [1.82, 2.24) is 15.2 Å². The summed E-state index contributed by atoms with van der Waals surface area (Å²) < 4.78 is 16.0. The Balaban J connectivity index is 1.42. The third kappa shape index (κ3) is 6.42. The molecule has 1 aliphatic rings. The van der Waals surface area contributed by atoms with Crippen LogP contribution in [-0.4, -0.2) is 69.4 Å². The van der Waals surface area contributed by atoms with Crippen LogP contribution >= 0.6 is 11.3 Å². The van der Waals surface area contributed by atoms with Crippen LogP contribution in [0.3, 0.4) is 0 Å². The molecule has 0 radical (unpaired) electrons. The SMILES string of the molecule is COc1ccc(-c2nc(CC(=O)NCCCCN3CCOCC3)cs2)cc1OC. The molecule has 1 aromatic heterocycles. The molecule has 29 heavy (non-hydrogen) atoms. The number of rotatable bonds is 10. The Morgan fingerprint density at radius 1 is 1.21 bits per heavy atom. The molecule has 2 heterocycles. The van der Waals surface area contributed by atoms with Crippen molar-refractivity contribution in [2.45, 2.75) is 19.3 Å². The van der Waals surface area contributed by atoms with E-state index < -0.39 is 0 Å². The van der Waals surface area contributed by atoms with E-state index in [0.29, 0.717) is 24.5 Å². The molecule has 0 aliphatic carbocycles. The van der Waals surface area contributed by atoms with Crippen molar-refractivity contribution in [1.29, 1.82) is 0 Å². The number of nitrogens with one attached hydrogen (secondary N) is 1. The summed E-state index contributed by atoms with van der Waals surface area (Å²) in [4.78, 5) is 19.2. The summed E-state index contributed by atoms with van der Waals surface area (Å²) in [6.45, 7) is 5.46. The third-order valence-electron chi connectivity index (χ3n) is 4.85. The monoisotopic (exact) mass is 419 g/mol.